The van der Waals surface area contributed by atoms with E-state index in [1.165, 1.54) is 10.5 Å². The van der Waals surface area contributed by atoms with E-state index in [0.717, 1.165) is 17.7 Å². The molecule has 2 aromatic carbocycles. The van der Waals surface area contributed by atoms with Gasteiger partial charge in [0.15, 0.2) is 0 Å². The van der Waals surface area contributed by atoms with Crippen LogP contribution in [0.2, 0.25) is 0 Å². The van der Waals surface area contributed by atoms with Crippen molar-refractivity contribution in [3.05, 3.63) is 71.8 Å². The van der Waals surface area contributed by atoms with Gasteiger partial charge in [-0.15, -0.1) is 0 Å². The molecule has 1 heterocycles. The first-order valence-corrected chi connectivity index (χ1v) is 10.7. The summed E-state index contributed by atoms with van der Waals surface area (Å²) < 4.78 is 5.91. The fourth-order valence-corrected chi connectivity index (χ4v) is 5.12. The second-order valence-electron chi connectivity index (χ2n) is 9.74. The number of imide groups is 1. The number of hydrogen-bond donors (Lipinski definition) is 0. The van der Waals surface area contributed by atoms with Crippen molar-refractivity contribution >= 4 is 17.5 Å². The summed E-state index contributed by atoms with van der Waals surface area (Å²) in [5.41, 5.74) is 3.17. The molecule has 3 aliphatic rings. The molecule has 0 unspecified atom stereocenters. The molecule has 2 fully saturated rings. The Morgan fingerprint density at radius 1 is 0.867 bits per heavy atom. The number of rotatable bonds is 4. The highest BCUT2D eigenvalue weighted by Crippen LogP contribution is 2.53. The maximum atomic E-state index is 12.9. The molecule has 30 heavy (non-hydrogen) atoms. The Morgan fingerprint density at radius 3 is 1.97 bits per heavy atom. The van der Waals surface area contributed by atoms with Crippen molar-refractivity contribution in [3.63, 3.8) is 0 Å². The van der Waals surface area contributed by atoms with Crippen molar-refractivity contribution in [2.24, 2.45) is 23.7 Å². The third kappa shape index (κ3) is 3.06. The summed E-state index contributed by atoms with van der Waals surface area (Å²) in [4.78, 5) is 27.2. The van der Waals surface area contributed by atoms with Gasteiger partial charge in [-0.05, 0) is 59.1 Å². The van der Waals surface area contributed by atoms with Gasteiger partial charge in [-0.1, -0.05) is 57.2 Å². The van der Waals surface area contributed by atoms with Crippen LogP contribution in [-0.4, -0.2) is 11.8 Å². The molecule has 1 saturated heterocycles. The van der Waals surface area contributed by atoms with Crippen molar-refractivity contribution in [2.45, 2.75) is 39.2 Å². The zero-order valence-electron chi connectivity index (χ0n) is 17.7. The van der Waals surface area contributed by atoms with Crippen LogP contribution < -0.4 is 9.64 Å². The molecule has 1 aliphatic heterocycles. The molecule has 1 saturated carbocycles. The number of fused-ring (bicyclic) bond motifs is 5. The number of ether oxygens (including phenoxy) is 1. The van der Waals surface area contributed by atoms with Crippen molar-refractivity contribution in [1.82, 2.24) is 0 Å². The van der Waals surface area contributed by atoms with Gasteiger partial charge < -0.3 is 4.74 Å². The average molecular weight is 402 g/mol. The zero-order valence-corrected chi connectivity index (χ0v) is 17.7. The Bertz CT molecular complexity index is 984. The van der Waals surface area contributed by atoms with E-state index in [4.69, 9.17) is 4.74 Å². The Kier molecular flexibility index (Phi) is 4.35. The summed E-state index contributed by atoms with van der Waals surface area (Å²) in [5.74, 6) is 0.755. The van der Waals surface area contributed by atoms with Gasteiger partial charge >= 0.3 is 0 Å². The molecule has 4 nitrogen and oxygen atoms in total. The summed E-state index contributed by atoms with van der Waals surface area (Å²) in [6.07, 6.45) is 5.18. The first-order valence-electron chi connectivity index (χ1n) is 10.7. The third-order valence-corrected chi connectivity index (χ3v) is 6.79. The molecule has 4 heteroatoms. The van der Waals surface area contributed by atoms with E-state index in [1.807, 2.05) is 24.3 Å². The summed E-state index contributed by atoms with van der Waals surface area (Å²) in [6, 6.07) is 15.8. The minimum atomic E-state index is -0.167. The standard InChI is InChI=1S/C26H27NO3/c1-26(2,3)19-8-4-16(5-9-19)15-30-21-12-10-20(11-13-21)27-24(28)22-17-6-7-18(14-17)23(22)25(27)29/h4-13,17-18,22-23H,14-15H2,1-3H3/t17-,18+,22-,23+. The van der Waals surface area contributed by atoms with E-state index < -0.39 is 0 Å². The fourth-order valence-electron chi connectivity index (χ4n) is 5.12. The molecule has 0 radical (unpaired) electrons. The summed E-state index contributed by atoms with van der Waals surface area (Å²) in [7, 11) is 0. The largest absolute Gasteiger partial charge is 0.489 e. The number of hydrogen-bond acceptors (Lipinski definition) is 3. The molecule has 0 spiro atoms. The molecule has 0 N–H and O–H groups in total. The van der Waals surface area contributed by atoms with E-state index >= 15 is 0 Å². The van der Waals surface area contributed by atoms with Crippen molar-refractivity contribution in [2.75, 3.05) is 4.90 Å². The van der Waals surface area contributed by atoms with E-state index in [-0.39, 0.29) is 40.9 Å². The van der Waals surface area contributed by atoms with Crippen molar-refractivity contribution < 1.29 is 14.3 Å². The van der Waals surface area contributed by atoms with E-state index in [9.17, 15) is 9.59 Å². The van der Waals surface area contributed by atoms with Gasteiger partial charge in [0.05, 0.1) is 17.5 Å². The van der Waals surface area contributed by atoms with Gasteiger partial charge in [0, 0.05) is 0 Å². The quantitative estimate of drug-likeness (QED) is 0.542. The van der Waals surface area contributed by atoms with Crippen LogP contribution in [0.5, 0.6) is 5.75 Å². The number of carbonyl (C=O) groups is 2. The van der Waals surface area contributed by atoms with Gasteiger partial charge in [-0.25, -0.2) is 0 Å². The highest BCUT2D eigenvalue weighted by atomic mass is 16.5. The first kappa shape index (κ1) is 19.1. The Balaban J connectivity index is 1.25. The zero-order chi connectivity index (χ0) is 21.0. The van der Waals surface area contributed by atoms with Crippen LogP contribution >= 0.6 is 0 Å². The maximum Gasteiger partial charge on any atom is 0.238 e. The summed E-state index contributed by atoms with van der Waals surface area (Å²) in [5, 5.41) is 0. The van der Waals surface area contributed by atoms with E-state index in [1.54, 1.807) is 0 Å². The smallest absolute Gasteiger partial charge is 0.238 e. The highest BCUT2D eigenvalue weighted by Gasteiger charge is 2.59. The van der Waals surface area contributed by atoms with Gasteiger partial charge in [0.1, 0.15) is 12.4 Å². The van der Waals surface area contributed by atoms with Crippen LogP contribution in [0.3, 0.4) is 0 Å². The van der Waals surface area contributed by atoms with E-state index in [0.29, 0.717) is 12.3 Å². The Hall–Kier alpha value is -2.88. The van der Waals surface area contributed by atoms with Gasteiger partial charge in [0.25, 0.3) is 0 Å². The lowest BCUT2D eigenvalue weighted by Crippen LogP contribution is -2.32. The molecular weight excluding hydrogens is 374 g/mol. The lowest BCUT2D eigenvalue weighted by molar-refractivity contribution is -0.123. The third-order valence-electron chi connectivity index (χ3n) is 6.79. The fraction of sp³-hybridized carbons (Fsp3) is 0.385. The van der Waals surface area contributed by atoms with Gasteiger partial charge in [0.2, 0.25) is 11.8 Å². The molecule has 0 aromatic heterocycles. The average Bonchev–Trinajstić information content (AvgIpc) is 3.40. The number of carbonyl (C=O) groups excluding carboxylic acids is 2. The lowest BCUT2D eigenvalue weighted by atomic mass is 9.85. The molecule has 2 aliphatic carbocycles. The Labute approximate surface area is 177 Å². The van der Waals surface area contributed by atoms with Crippen molar-refractivity contribution in [3.8, 4) is 5.75 Å². The molecule has 2 aromatic rings. The maximum absolute atomic E-state index is 12.9. The number of allylic oxidation sites excluding steroid dienone is 2. The number of nitrogens with zero attached hydrogens (tertiary/aromatic N) is 1. The molecular formula is C26H27NO3. The summed E-state index contributed by atoms with van der Waals surface area (Å²) >= 11 is 0. The lowest BCUT2D eigenvalue weighted by Gasteiger charge is -2.19. The van der Waals surface area contributed by atoms with Gasteiger partial charge in [-0.2, -0.15) is 0 Å². The first-order chi connectivity index (χ1) is 14.3. The minimum absolute atomic E-state index is 0.0468. The normalized spacial score (nSPS) is 27.1. The number of anilines is 1. The molecule has 2 amide bonds. The van der Waals surface area contributed by atoms with Crippen LogP contribution in [0.15, 0.2) is 60.7 Å². The van der Waals surface area contributed by atoms with Crippen LogP contribution in [-0.2, 0) is 21.6 Å². The van der Waals surface area contributed by atoms with Crippen LogP contribution in [0.4, 0.5) is 5.69 Å². The Morgan fingerprint density at radius 2 is 1.43 bits per heavy atom. The molecule has 154 valence electrons. The molecule has 5 rings (SSSR count). The summed E-state index contributed by atoms with van der Waals surface area (Å²) in [6.45, 7) is 7.07. The van der Waals surface area contributed by atoms with Gasteiger partial charge in [-0.3, -0.25) is 14.5 Å². The predicted molar refractivity (Wildman–Crippen MR) is 116 cm³/mol. The number of amides is 2. The van der Waals surface area contributed by atoms with Crippen molar-refractivity contribution in [1.29, 1.82) is 0 Å². The minimum Gasteiger partial charge on any atom is -0.489 e. The number of benzene rings is 2. The topological polar surface area (TPSA) is 46.6 Å². The monoisotopic (exact) mass is 401 g/mol. The van der Waals surface area contributed by atoms with Crippen LogP contribution in [0, 0.1) is 23.7 Å². The van der Waals surface area contributed by atoms with E-state index in [2.05, 4.69) is 57.2 Å². The highest BCUT2D eigenvalue weighted by molar-refractivity contribution is 6.22. The van der Waals surface area contributed by atoms with Crippen LogP contribution in [0.25, 0.3) is 0 Å². The second-order valence-corrected chi connectivity index (χ2v) is 9.74. The molecule has 4 atom stereocenters. The molecule has 2 bridgehead atoms. The second kappa shape index (κ2) is 6.83. The SMILES string of the molecule is CC(C)(C)c1ccc(COc2ccc(N3C(=O)[C@@H]4[C@H](C3=O)[C@@H]3C=C[C@H]4C3)cc2)cc1. The van der Waals surface area contributed by atoms with Crippen LogP contribution in [0.1, 0.15) is 38.3 Å². The predicted octanol–water partition coefficient (Wildman–Crippen LogP) is 4.87.